The number of amides is 1. The molecule has 0 aliphatic carbocycles. The fourth-order valence-electron chi connectivity index (χ4n) is 9.34. The first-order valence-electron chi connectivity index (χ1n) is 21.2. The monoisotopic (exact) mass is 837 g/mol. The van der Waals surface area contributed by atoms with E-state index in [0.717, 1.165) is 16.5 Å². The van der Waals surface area contributed by atoms with Crippen LogP contribution in [0.5, 0.6) is 0 Å². The van der Waals surface area contributed by atoms with Crippen molar-refractivity contribution < 1.29 is 53.1 Å². The van der Waals surface area contributed by atoms with Crippen molar-refractivity contribution in [2.24, 2.45) is 33.8 Å². The fourth-order valence-corrected chi connectivity index (χ4v) is 9.34. The van der Waals surface area contributed by atoms with Crippen LogP contribution in [0.25, 0.3) is 17.0 Å². The number of nitrogens with zero attached hydrogens (tertiary/aromatic N) is 4. The Hall–Kier alpha value is -3.90. The number of ether oxygens (including phenoxy) is 5. The summed E-state index contributed by atoms with van der Waals surface area (Å²) in [4.78, 5) is 55.4. The maximum absolute atomic E-state index is 14.5. The standard InChI is InChI=1S/C44H63N5O11/c1-11-34-44(8,54)39-25(4)35-23(2)19-43(7,38(26(5)36(50)27(6)41(53)58-34)59-42-37(51)32(49(9)10)17-24(3)57-42)56-22-30(21-55-39)48-60-33(40(52)46-35)14-12-13-28-15-16-29-20-45-47-31(29)18-28/h12-13,15-16,18,20,23-27,32-34,37-39,42,51,54H,11,14,17,19,21-22H2,1-10H3,(H,45,47)/b13-12+,46-35?,48-30-/t23-,24-,25+,26+,27-,32+,33?,34-,37-,38-,39-,42+,43-,44-/m1/s1. The van der Waals surface area contributed by atoms with Crippen LogP contribution in [0.4, 0.5) is 0 Å². The molecule has 3 N–H and O–H groups in total. The molecule has 3 fully saturated rings. The first kappa shape index (κ1) is 45.6. The van der Waals surface area contributed by atoms with Gasteiger partial charge in [-0.15, -0.1) is 0 Å². The fraction of sp³-hybridized carbons (Fsp3) is 0.682. The summed E-state index contributed by atoms with van der Waals surface area (Å²) >= 11 is 0. The zero-order chi connectivity index (χ0) is 43.7. The van der Waals surface area contributed by atoms with Gasteiger partial charge in [-0.3, -0.25) is 19.5 Å². The molecule has 14 atom stereocenters. The molecule has 16 nitrogen and oxygen atoms in total. The lowest BCUT2D eigenvalue weighted by Gasteiger charge is -2.47. The largest absolute Gasteiger partial charge is 0.459 e. The molecule has 60 heavy (non-hydrogen) atoms. The number of H-pyrrole nitrogens is 1. The van der Waals surface area contributed by atoms with Crippen molar-refractivity contribution in [3.63, 3.8) is 0 Å². The predicted molar refractivity (Wildman–Crippen MR) is 223 cm³/mol. The minimum absolute atomic E-state index is 0.133. The van der Waals surface area contributed by atoms with E-state index in [0.29, 0.717) is 12.1 Å². The van der Waals surface area contributed by atoms with E-state index in [4.69, 9.17) is 33.5 Å². The molecule has 16 heteroatoms. The number of aliphatic imine (C=N–C) groups is 1. The highest BCUT2D eigenvalue weighted by Crippen LogP contribution is 2.40. The van der Waals surface area contributed by atoms with Gasteiger partial charge in [0, 0.05) is 35.4 Å². The number of fused-ring (bicyclic) bond motifs is 5. The summed E-state index contributed by atoms with van der Waals surface area (Å²) in [5, 5.41) is 36.5. The van der Waals surface area contributed by atoms with Crippen molar-refractivity contribution in [1.82, 2.24) is 15.1 Å². The van der Waals surface area contributed by atoms with Crippen LogP contribution in [0.2, 0.25) is 0 Å². The molecule has 2 aromatic rings. The second-order valence-corrected chi connectivity index (χ2v) is 17.8. The Labute approximate surface area is 352 Å². The molecule has 330 valence electrons. The van der Waals surface area contributed by atoms with Gasteiger partial charge >= 0.3 is 5.97 Å². The van der Waals surface area contributed by atoms with E-state index >= 15 is 0 Å². The van der Waals surface area contributed by atoms with E-state index in [1.807, 2.05) is 70.1 Å². The Morgan fingerprint density at radius 3 is 2.53 bits per heavy atom. The summed E-state index contributed by atoms with van der Waals surface area (Å²) in [6.07, 6.45) is -0.513. The second-order valence-electron chi connectivity index (χ2n) is 17.8. The van der Waals surface area contributed by atoms with Crippen molar-refractivity contribution in [3.8, 4) is 0 Å². The van der Waals surface area contributed by atoms with Gasteiger partial charge in [-0.2, -0.15) is 5.10 Å². The van der Waals surface area contributed by atoms with E-state index < -0.39 is 89.3 Å². The highest BCUT2D eigenvalue weighted by molar-refractivity contribution is 6.01. The van der Waals surface area contributed by atoms with Gasteiger partial charge in [-0.25, -0.2) is 4.99 Å². The summed E-state index contributed by atoms with van der Waals surface area (Å²) in [6.45, 7) is 13.5. The Balaban J connectivity index is 1.46. The number of hydrogen-bond donors (Lipinski definition) is 3. The molecule has 1 aromatic carbocycles. The van der Waals surface area contributed by atoms with Gasteiger partial charge in [0.15, 0.2) is 12.1 Å². The summed E-state index contributed by atoms with van der Waals surface area (Å²) in [5.41, 5.74) is -0.799. The molecule has 4 aliphatic heterocycles. The van der Waals surface area contributed by atoms with Gasteiger partial charge in [0.25, 0.3) is 5.91 Å². The molecule has 5 heterocycles. The van der Waals surface area contributed by atoms with Crippen molar-refractivity contribution in [2.45, 2.75) is 141 Å². The molecule has 4 bridgehead atoms. The van der Waals surface area contributed by atoms with Gasteiger partial charge in [-0.05, 0) is 78.6 Å². The lowest BCUT2D eigenvalue weighted by atomic mass is 9.73. The van der Waals surface area contributed by atoms with E-state index in [1.54, 1.807) is 27.0 Å². The number of aromatic amines is 1. The number of carbonyl (C=O) groups is 3. The number of carbonyl (C=O) groups excluding carboxylic acids is 3. The number of cyclic esters (lactones) is 1. The Bertz CT molecular complexity index is 1960. The number of ketones is 1. The van der Waals surface area contributed by atoms with Crippen LogP contribution in [0, 0.1) is 23.7 Å². The number of rotatable bonds is 7. The van der Waals surface area contributed by atoms with Gasteiger partial charge < -0.3 is 43.6 Å². The van der Waals surface area contributed by atoms with Gasteiger partial charge in [-0.1, -0.05) is 57.1 Å². The number of aliphatic hydroxyl groups is 2. The number of Topliss-reactive ketones (excluding diaryl/α,β-unsaturated/α-hetero) is 1. The summed E-state index contributed by atoms with van der Waals surface area (Å²) < 4.78 is 32.4. The molecule has 1 unspecified atom stereocenters. The van der Waals surface area contributed by atoms with Crippen LogP contribution in [0.1, 0.15) is 86.6 Å². The maximum atomic E-state index is 14.5. The molecule has 1 amide bonds. The van der Waals surface area contributed by atoms with E-state index in [-0.39, 0.29) is 50.3 Å². The minimum Gasteiger partial charge on any atom is -0.459 e. The van der Waals surface area contributed by atoms with Crippen molar-refractivity contribution >= 4 is 46.1 Å². The third kappa shape index (κ3) is 9.59. The molecule has 3 saturated heterocycles. The van der Waals surface area contributed by atoms with Gasteiger partial charge in [0.05, 0.1) is 48.8 Å². The molecule has 0 spiro atoms. The van der Waals surface area contributed by atoms with Crippen LogP contribution in [-0.2, 0) is 42.9 Å². The summed E-state index contributed by atoms with van der Waals surface area (Å²) in [6, 6.07) is 5.54. The van der Waals surface area contributed by atoms with Crippen LogP contribution in [-0.4, -0.2) is 142 Å². The Morgan fingerprint density at radius 2 is 1.82 bits per heavy atom. The third-order valence-corrected chi connectivity index (χ3v) is 12.8. The molecular formula is C44H63N5O11. The normalized spacial score (nSPS) is 39.7. The van der Waals surface area contributed by atoms with Crippen molar-refractivity contribution in [1.29, 1.82) is 0 Å². The number of hydrogen-bond acceptors (Lipinski definition) is 14. The van der Waals surface area contributed by atoms with E-state index in [2.05, 4.69) is 15.4 Å². The highest BCUT2D eigenvalue weighted by Gasteiger charge is 2.53. The Morgan fingerprint density at radius 1 is 1.07 bits per heavy atom. The SMILES string of the molecule is CC[C@H]1OC(=O)[C@H](C)C(=O)[C@H](C)[C@@H](O[C@@H]2O[C@H](C)C[C@H](N(C)C)[C@H]2O)[C@@]2(C)C[C@@H](C)C3=NC(=O)C(C/C=C/c4ccc5cn[nH]c5c4)O/N=C(/CO[C@H]([C@H]3C)[C@]1(C)O)CO2. The molecule has 0 saturated carbocycles. The topological polar surface area (TPSA) is 204 Å². The predicted octanol–water partition coefficient (Wildman–Crippen LogP) is 4.26. The van der Waals surface area contributed by atoms with Gasteiger partial charge in [0.2, 0.25) is 6.10 Å². The lowest BCUT2D eigenvalue weighted by Crippen LogP contribution is -2.60. The number of aromatic nitrogens is 2. The number of likely N-dealkylation sites (N-methyl/N-ethyl adjacent to an activating group) is 1. The number of nitrogens with one attached hydrogen (secondary N) is 1. The molecule has 4 aliphatic rings. The average Bonchev–Trinajstić information content (AvgIpc) is 3.66. The lowest BCUT2D eigenvalue weighted by molar-refractivity contribution is -0.296. The number of aliphatic hydroxyl groups excluding tert-OH is 1. The highest BCUT2D eigenvalue weighted by atomic mass is 16.7. The van der Waals surface area contributed by atoms with Crippen LogP contribution in [0.15, 0.2) is 40.6 Å². The first-order valence-corrected chi connectivity index (χ1v) is 21.2. The first-order chi connectivity index (χ1) is 28.3. The quantitative estimate of drug-likeness (QED) is 0.264. The molecule has 6 rings (SSSR count). The van der Waals surface area contributed by atoms with E-state index in [9.17, 15) is 24.6 Å². The van der Waals surface area contributed by atoms with E-state index in [1.165, 1.54) is 13.8 Å². The zero-order valence-corrected chi connectivity index (χ0v) is 36.5. The number of benzene rings is 1. The average molecular weight is 838 g/mol. The molecular weight excluding hydrogens is 775 g/mol. The number of oxime groups is 1. The van der Waals surface area contributed by atoms with Crippen molar-refractivity contribution in [3.05, 3.63) is 36.0 Å². The van der Waals surface area contributed by atoms with Crippen molar-refractivity contribution in [2.75, 3.05) is 27.3 Å². The van der Waals surface area contributed by atoms with Gasteiger partial charge in [0.1, 0.15) is 29.4 Å². The smallest absolute Gasteiger partial charge is 0.316 e. The minimum atomic E-state index is -1.83. The second kappa shape index (κ2) is 18.6. The summed E-state index contributed by atoms with van der Waals surface area (Å²) in [7, 11) is 3.74. The number of esters is 1. The van der Waals surface area contributed by atoms with Crippen LogP contribution >= 0.6 is 0 Å². The third-order valence-electron chi connectivity index (χ3n) is 12.8. The van der Waals surface area contributed by atoms with Crippen LogP contribution in [0.3, 0.4) is 0 Å². The van der Waals surface area contributed by atoms with Crippen LogP contribution < -0.4 is 0 Å². The maximum Gasteiger partial charge on any atom is 0.316 e. The molecule has 0 radical (unpaired) electrons. The Kier molecular flexibility index (Phi) is 14.1. The zero-order valence-electron chi connectivity index (χ0n) is 36.5. The molecule has 1 aromatic heterocycles. The summed E-state index contributed by atoms with van der Waals surface area (Å²) in [5.74, 6) is -5.43.